The highest BCUT2D eigenvalue weighted by Gasteiger charge is 2.22. The smallest absolute Gasteiger partial charge is 0.339 e. The number of rotatable bonds is 7. The molecule has 0 heterocycles. The van der Waals surface area contributed by atoms with E-state index in [4.69, 9.17) is 20.5 Å². The van der Waals surface area contributed by atoms with Gasteiger partial charge in [0.25, 0.3) is 0 Å². The molecule has 156 valence electrons. The Labute approximate surface area is 182 Å². The van der Waals surface area contributed by atoms with Crippen LogP contribution >= 0.6 is 11.6 Å². The summed E-state index contributed by atoms with van der Waals surface area (Å²) >= 11 is 6.36. The predicted molar refractivity (Wildman–Crippen MR) is 120 cm³/mol. The van der Waals surface area contributed by atoms with Crippen molar-refractivity contribution in [2.24, 2.45) is 4.99 Å². The second-order valence-corrected chi connectivity index (χ2v) is 8.66. The van der Waals surface area contributed by atoms with Crippen LogP contribution in [0.15, 0.2) is 70.6 Å². The molecule has 0 bridgehead atoms. The normalized spacial score (nSPS) is 11.6. The summed E-state index contributed by atoms with van der Waals surface area (Å²) in [4.78, 5) is 4.46. The van der Waals surface area contributed by atoms with E-state index in [2.05, 4.69) is 4.99 Å². The number of hydrogen-bond acceptors (Lipinski definition) is 5. The summed E-state index contributed by atoms with van der Waals surface area (Å²) in [5, 5.41) is 0.113. The van der Waals surface area contributed by atoms with Gasteiger partial charge in [-0.3, -0.25) is 4.99 Å². The van der Waals surface area contributed by atoms with E-state index < -0.39 is 10.1 Å². The standard InChI is InChI=1S/C23H22ClNO4S/c1-4-28-22-14-18(15-25-19-9-5-16(2)6-10-19)13-21(24)23(22)29-30(26,27)20-11-7-17(3)8-12-20/h5-15H,4H2,1-3H3. The van der Waals surface area contributed by atoms with Gasteiger partial charge in [-0.2, -0.15) is 8.42 Å². The molecule has 7 heteroatoms. The molecule has 0 aliphatic carbocycles. The monoisotopic (exact) mass is 443 g/mol. The van der Waals surface area contributed by atoms with Gasteiger partial charge in [-0.05, 0) is 62.7 Å². The van der Waals surface area contributed by atoms with E-state index >= 15 is 0 Å². The van der Waals surface area contributed by atoms with Gasteiger partial charge in [0.05, 0.1) is 17.3 Å². The maximum atomic E-state index is 12.7. The quantitative estimate of drug-likeness (QED) is 0.338. The number of benzene rings is 3. The van der Waals surface area contributed by atoms with Gasteiger partial charge in [0.1, 0.15) is 4.90 Å². The first-order valence-corrected chi connectivity index (χ1v) is 11.2. The SMILES string of the molecule is CCOc1cc(C=Nc2ccc(C)cc2)cc(Cl)c1OS(=O)(=O)c1ccc(C)cc1. The van der Waals surface area contributed by atoms with Crippen molar-refractivity contribution in [3.8, 4) is 11.5 Å². The lowest BCUT2D eigenvalue weighted by Crippen LogP contribution is -2.11. The molecule has 0 N–H and O–H groups in total. The van der Waals surface area contributed by atoms with E-state index in [0.29, 0.717) is 12.2 Å². The molecule has 0 saturated carbocycles. The Morgan fingerprint density at radius 3 is 2.17 bits per heavy atom. The molecule has 0 aromatic heterocycles. The minimum Gasteiger partial charge on any atom is -0.490 e. The first kappa shape index (κ1) is 21.9. The molecule has 3 aromatic rings. The summed E-state index contributed by atoms with van der Waals surface area (Å²) in [6, 6.07) is 17.4. The highest BCUT2D eigenvalue weighted by molar-refractivity contribution is 7.87. The minimum absolute atomic E-state index is 0.0385. The molecule has 3 rings (SSSR count). The lowest BCUT2D eigenvalue weighted by Gasteiger charge is -2.14. The van der Waals surface area contributed by atoms with Crippen LogP contribution in [0.25, 0.3) is 0 Å². The Morgan fingerprint density at radius 2 is 1.57 bits per heavy atom. The highest BCUT2D eigenvalue weighted by Crippen LogP contribution is 2.38. The van der Waals surface area contributed by atoms with Crippen molar-refractivity contribution >= 4 is 33.6 Å². The van der Waals surface area contributed by atoms with Gasteiger partial charge < -0.3 is 8.92 Å². The Balaban J connectivity index is 1.93. The molecule has 0 atom stereocenters. The van der Waals surface area contributed by atoms with Crippen molar-refractivity contribution in [2.75, 3.05) is 6.61 Å². The van der Waals surface area contributed by atoms with Crippen LogP contribution in [0.3, 0.4) is 0 Å². The van der Waals surface area contributed by atoms with E-state index in [9.17, 15) is 8.42 Å². The van der Waals surface area contributed by atoms with Gasteiger partial charge in [-0.15, -0.1) is 0 Å². The summed E-state index contributed by atoms with van der Waals surface area (Å²) in [6.45, 7) is 5.98. The van der Waals surface area contributed by atoms with Gasteiger partial charge in [0.2, 0.25) is 5.75 Å². The third-order valence-electron chi connectivity index (χ3n) is 4.23. The van der Waals surface area contributed by atoms with E-state index in [1.807, 2.05) is 38.1 Å². The molecule has 0 saturated heterocycles. The van der Waals surface area contributed by atoms with E-state index in [1.54, 1.807) is 37.4 Å². The largest absolute Gasteiger partial charge is 0.490 e. The lowest BCUT2D eigenvalue weighted by molar-refractivity contribution is 0.327. The second-order valence-electron chi connectivity index (χ2n) is 6.71. The minimum atomic E-state index is -4.06. The van der Waals surface area contributed by atoms with Crippen molar-refractivity contribution in [3.05, 3.63) is 82.4 Å². The molecule has 5 nitrogen and oxygen atoms in total. The molecule has 0 unspecified atom stereocenters. The summed E-state index contributed by atoms with van der Waals surface area (Å²) < 4.78 is 36.3. The maximum absolute atomic E-state index is 12.7. The lowest BCUT2D eigenvalue weighted by atomic mass is 10.2. The van der Waals surface area contributed by atoms with Gasteiger partial charge in [0, 0.05) is 6.21 Å². The summed E-state index contributed by atoms with van der Waals surface area (Å²) in [5.41, 5.74) is 3.53. The first-order chi connectivity index (χ1) is 14.3. The molecule has 0 aliphatic rings. The average molecular weight is 444 g/mol. The Hall–Kier alpha value is -2.83. The molecular weight excluding hydrogens is 422 g/mol. The fourth-order valence-corrected chi connectivity index (χ4v) is 3.91. The van der Waals surface area contributed by atoms with Gasteiger partial charge in [-0.1, -0.05) is 47.0 Å². The van der Waals surface area contributed by atoms with Crippen LogP contribution in [0.5, 0.6) is 11.5 Å². The molecule has 0 aliphatic heterocycles. The van der Waals surface area contributed by atoms with Crippen molar-refractivity contribution in [1.82, 2.24) is 0 Å². The number of hydrogen-bond donors (Lipinski definition) is 0. The highest BCUT2D eigenvalue weighted by atomic mass is 35.5. The summed E-state index contributed by atoms with van der Waals surface area (Å²) in [6.07, 6.45) is 1.64. The second kappa shape index (κ2) is 9.32. The summed E-state index contributed by atoms with van der Waals surface area (Å²) in [7, 11) is -4.06. The number of nitrogens with zero attached hydrogens (tertiary/aromatic N) is 1. The zero-order valence-corrected chi connectivity index (χ0v) is 18.5. The van der Waals surface area contributed by atoms with Gasteiger partial charge >= 0.3 is 10.1 Å². The van der Waals surface area contributed by atoms with Crippen molar-refractivity contribution in [1.29, 1.82) is 0 Å². The average Bonchev–Trinajstić information content (AvgIpc) is 2.70. The van der Waals surface area contributed by atoms with Crippen LogP contribution in [-0.4, -0.2) is 21.2 Å². The fraction of sp³-hybridized carbons (Fsp3) is 0.174. The predicted octanol–water partition coefficient (Wildman–Crippen LogP) is 5.87. The van der Waals surface area contributed by atoms with Crippen LogP contribution in [0.1, 0.15) is 23.6 Å². The maximum Gasteiger partial charge on any atom is 0.339 e. The number of aliphatic imine (C=N–C) groups is 1. The van der Waals surface area contributed by atoms with Crippen molar-refractivity contribution in [2.45, 2.75) is 25.7 Å². The van der Waals surface area contributed by atoms with Gasteiger partial charge in [-0.25, -0.2) is 0 Å². The Morgan fingerprint density at radius 1 is 0.967 bits per heavy atom. The third kappa shape index (κ3) is 5.40. The van der Waals surface area contributed by atoms with E-state index in [-0.39, 0.29) is 21.4 Å². The zero-order chi connectivity index (χ0) is 21.7. The fourth-order valence-electron chi connectivity index (χ4n) is 2.65. The third-order valence-corrected chi connectivity index (χ3v) is 5.75. The van der Waals surface area contributed by atoms with E-state index in [1.165, 1.54) is 12.1 Å². The molecule has 0 spiro atoms. The first-order valence-electron chi connectivity index (χ1n) is 9.37. The summed E-state index contributed by atoms with van der Waals surface area (Å²) in [5.74, 6) is 0.178. The Bertz CT molecular complexity index is 1160. The molecule has 0 amide bonds. The van der Waals surface area contributed by atoms with Crippen LogP contribution in [-0.2, 0) is 10.1 Å². The number of aryl methyl sites for hydroxylation is 2. The Kier molecular flexibility index (Phi) is 6.80. The molecule has 30 heavy (non-hydrogen) atoms. The van der Waals surface area contributed by atoms with Crippen LogP contribution in [0.2, 0.25) is 5.02 Å². The number of halogens is 1. The zero-order valence-electron chi connectivity index (χ0n) is 16.9. The van der Waals surface area contributed by atoms with Crippen molar-refractivity contribution in [3.63, 3.8) is 0 Å². The topological polar surface area (TPSA) is 65.0 Å². The van der Waals surface area contributed by atoms with Crippen LogP contribution in [0.4, 0.5) is 5.69 Å². The van der Waals surface area contributed by atoms with Crippen molar-refractivity contribution < 1.29 is 17.3 Å². The van der Waals surface area contributed by atoms with Gasteiger partial charge in [0.15, 0.2) is 5.75 Å². The molecule has 3 aromatic carbocycles. The molecule has 0 fully saturated rings. The molecule has 0 radical (unpaired) electrons. The molecular formula is C23H22ClNO4S. The van der Waals surface area contributed by atoms with E-state index in [0.717, 1.165) is 16.8 Å². The number of ether oxygens (including phenoxy) is 1. The van der Waals surface area contributed by atoms with Crippen LogP contribution < -0.4 is 8.92 Å². The van der Waals surface area contributed by atoms with Crippen LogP contribution in [0, 0.1) is 13.8 Å².